The molecule has 1 amide bonds. The molecule has 0 saturated carbocycles. The first-order valence-corrected chi connectivity index (χ1v) is 9.03. The molecule has 9 nitrogen and oxygen atoms in total. The van der Waals surface area contributed by atoms with E-state index in [0.717, 1.165) is 6.26 Å². The van der Waals surface area contributed by atoms with Crippen molar-refractivity contribution in [3.8, 4) is 5.69 Å². The summed E-state index contributed by atoms with van der Waals surface area (Å²) in [4.78, 5) is 12.5. The van der Waals surface area contributed by atoms with Crippen molar-refractivity contribution in [1.82, 2.24) is 20.2 Å². The maximum absolute atomic E-state index is 12.5. The zero-order chi connectivity index (χ0) is 17.9. The molecule has 0 saturated heterocycles. The van der Waals surface area contributed by atoms with Crippen LogP contribution in [0.1, 0.15) is 10.4 Å². The number of hydrogen-bond acceptors (Lipinski definition) is 6. The number of anilines is 2. The summed E-state index contributed by atoms with van der Waals surface area (Å²) in [6, 6.07) is 13.2. The van der Waals surface area contributed by atoms with Gasteiger partial charge < -0.3 is 5.32 Å². The highest BCUT2D eigenvalue weighted by Crippen LogP contribution is 2.23. The van der Waals surface area contributed by atoms with E-state index in [9.17, 15) is 13.2 Å². The lowest BCUT2D eigenvalue weighted by molar-refractivity contribution is 0.102. The van der Waals surface area contributed by atoms with E-state index in [2.05, 4.69) is 25.6 Å². The van der Waals surface area contributed by atoms with Crippen LogP contribution in [-0.4, -0.2) is 40.8 Å². The Morgan fingerprint density at radius 2 is 1.84 bits per heavy atom. The number of hydrogen-bond donors (Lipinski definition) is 2. The van der Waals surface area contributed by atoms with Gasteiger partial charge in [0.1, 0.15) is 6.33 Å². The van der Waals surface area contributed by atoms with Crippen LogP contribution in [0.5, 0.6) is 0 Å². The number of rotatable bonds is 5. The van der Waals surface area contributed by atoms with Crippen molar-refractivity contribution in [2.24, 2.45) is 0 Å². The van der Waals surface area contributed by atoms with Gasteiger partial charge in [-0.3, -0.25) is 9.52 Å². The molecule has 0 bridgehead atoms. The average molecular weight is 358 g/mol. The number of carbonyl (C=O) groups excluding carboxylic acids is 1. The van der Waals surface area contributed by atoms with Crippen LogP contribution in [0.2, 0.25) is 0 Å². The fraction of sp³-hybridized carbons (Fsp3) is 0.0667. The summed E-state index contributed by atoms with van der Waals surface area (Å²) in [7, 11) is -3.46. The molecular weight excluding hydrogens is 344 g/mol. The number of amides is 1. The molecule has 0 radical (unpaired) electrons. The summed E-state index contributed by atoms with van der Waals surface area (Å²) in [6.45, 7) is 0. The van der Waals surface area contributed by atoms with E-state index >= 15 is 0 Å². The molecule has 25 heavy (non-hydrogen) atoms. The van der Waals surface area contributed by atoms with Crippen LogP contribution in [0.25, 0.3) is 5.69 Å². The van der Waals surface area contributed by atoms with Gasteiger partial charge in [0.05, 0.1) is 23.3 Å². The normalized spacial score (nSPS) is 11.1. The second-order valence-corrected chi connectivity index (χ2v) is 6.93. The Morgan fingerprint density at radius 1 is 1.08 bits per heavy atom. The molecule has 2 aromatic carbocycles. The van der Waals surface area contributed by atoms with Crippen LogP contribution < -0.4 is 10.0 Å². The number of tetrazole rings is 1. The predicted molar refractivity (Wildman–Crippen MR) is 92.0 cm³/mol. The summed E-state index contributed by atoms with van der Waals surface area (Å²) in [6.07, 6.45) is 2.46. The van der Waals surface area contributed by atoms with Crippen molar-refractivity contribution in [3.63, 3.8) is 0 Å². The first-order chi connectivity index (χ1) is 11.9. The number of sulfonamides is 1. The summed E-state index contributed by atoms with van der Waals surface area (Å²) < 4.78 is 26.7. The third-order valence-electron chi connectivity index (χ3n) is 3.19. The molecule has 0 aliphatic carbocycles. The van der Waals surface area contributed by atoms with Crippen molar-refractivity contribution in [3.05, 3.63) is 60.4 Å². The van der Waals surface area contributed by atoms with E-state index in [1.165, 1.54) is 11.0 Å². The van der Waals surface area contributed by atoms with Crippen molar-refractivity contribution >= 4 is 27.3 Å². The Hall–Kier alpha value is -3.27. The van der Waals surface area contributed by atoms with Gasteiger partial charge in [-0.25, -0.2) is 13.1 Å². The fourth-order valence-corrected chi connectivity index (χ4v) is 2.72. The van der Waals surface area contributed by atoms with Crippen LogP contribution in [-0.2, 0) is 10.0 Å². The third-order valence-corrected chi connectivity index (χ3v) is 3.78. The van der Waals surface area contributed by atoms with Gasteiger partial charge in [-0.05, 0) is 40.8 Å². The standard InChI is InChI=1S/C15H14N6O3S/c1-25(23,24)18-14-8-3-2-7-13(14)17-15(22)11-5-4-6-12(9-11)21-10-16-19-20-21/h2-10,18H,1H3,(H,17,22). The molecule has 2 N–H and O–H groups in total. The highest BCUT2D eigenvalue weighted by Gasteiger charge is 2.12. The molecule has 0 unspecified atom stereocenters. The molecule has 3 aromatic rings. The van der Waals surface area contributed by atoms with Crippen LogP contribution in [0.15, 0.2) is 54.9 Å². The summed E-state index contributed by atoms with van der Waals surface area (Å²) >= 11 is 0. The number of nitrogens with one attached hydrogen (secondary N) is 2. The van der Waals surface area contributed by atoms with Crippen LogP contribution in [0.3, 0.4) is 0 Å². The summed E-state index contributed by atoms with van der Waals surface area (Å²) in [5, 5.41) is 13.6. The lowest BCUT2D eigenvalue weighted by Gasteiger charge is -2.12. The lowest BCUT2D eigenvalue weighted by Crippen LogP contribution is -2.16. The molecule has 0 atom stereocenters. The number of benzene rings is 2. The smallest absolute Gasteiger partial charge is 0.255 e. The highest BCUT2D eigenvalue weighted by atomic mass is 32.2. The monoisotopic (exact) mass is 358 g/mol. The minimum absolute atomic E-state index is 0.287. The molecular formula is C15H14N6O3S. The molecule has 0 aliphatic heterocycles. The van der Waals surface area contributed by atoms with Gasteiger partial charge in [0.25, 0.3) is 5.91 Å². The molecule has 1 heterocycles. The largest absolute Gasteiger partial charge is 0.320 e. The van der Waals surface area contributed by atoms with Gasteiger partial charge >= 0.3 is 0 Å². The summed E-state index contributed by atoms with van der Waals surface area (Å²) in [5.41, 5.74) is 1.64. The molecule has 0 aliphatic rings. The zero-order valence-corrected chi connectivity index (χ0v) is 13.9. The second-order valence-electron chi connectivity index (χ2n) is 5.18. The van der Waals surface area contributed by atoms with Gasteiger partial charge in [0.2, 0.25) is 10.0 Å². The zero-order valence-electron chi connectivity index (χ0n) is 13.1. The van der Waals surface area contributed by atoms with Crippen molar-refractivity contribution in [1.29, 1.82) is 0 Å². The van der Waals surface area contributed by atoms with Gasteiger partial charge in [-0.15, -0.1) is 5.10 Å². The lowest BCUT2D eigenvalue weighted by atomic mass is 10.1. The van der Waals surface area contributed by atoms with E-state index in [1.807, 2.05) is 0 Å². The Morgan fingerprint density at radius 3 is 2.52 bits per heavy atom. The Balaban J connectivity index is 1.85. The van der Waals surface area contributed by atoms with Crippen molar-refractivity contribution in [2.45, 2.75) is 0 Å². The number of para-hydroxylation sites is 2. The van der Waals surface area contributed by atoms with Gasteiger partial charge in [-0.2, -0.15) is 0 Å². The Labute approximate surface area is 143 Å². The van der Waals surface area contributed by atoms with Crippen LogP contribution in [0.4, 0.5) is 11.4 Å². The number of nitrogens with zero attached hydrogens (tertiary/aromatic N) is 4. The molecule has 1 aromatic heterocycles. The minimum atomic E-state index is -3.46. The maximum Gasteiger partial charge on any atom is 0.255 e. The van der Waals surface area contributed by atoms with E-state index in [4.69, 9.17) is 0 Å². The molecule has 0 spiro atoms. The quantitative estimate of drug-likeness (QED) is 0.709. The van der Waals surface area contributed by atoms with Crippen LogP contribution >= 0.6 is 0 Å². The third kappa shape index (κ3) is 4.18. The number of carbonyl (C=O) groups is 1. The molecule has 3 rings (SSSR count). The topological polar surface area (TPSA) is 119 Å². The molecule has 128 valence electrons. The summed E-state index contributed by atoms with van der Waals surface area (Å²) in [5.74, 6) is -0.391. The van der Waals surface area contributed by atoms with Gasteiger partial charge in [-0.1, -0.05) is 18.2 Å². The van der Waals surface area contributed by atoms with E-state index < -0.39 is 15.9 Å². The highest BCUT2D eigenvalue weighted by molar-refractivity contribution is 7.92. The molecule has 10 heteroatoms. The molecule has 0 fully saturated rings. The Bertz CT molecular complexity index is 1000. The van der Waals surface area contributed by atoms with Gasteiger partial charge in [0.15, 0.2) is 0 Å². The van der Waals surface area contributed by atoms with E-state index in [1.54, 1.807) is 48.5 Å². The minimum Gasteiger partial charge on any atom is -0.320 e. The van der Waals surface area contributed by atoms with E-state index in [0.29, 0.717) is 16.9 Å². The maximum atomic E-state index is 12.5. The van der Waals surface area contributed by atoms with E-state index in [-0.39, 0.29) is 5.69 Å². The second kappa shape index (κ2) is 6.69. The Kier molecular flexibility index (Phi) is 4.44. The SMILES string of the molecule is CS(=O)(=O)Nc1ccccc1NC(=O)c1cccc(-n2cnnn2)c1. The first-order valence-electron chi connectivity index (χ1n) is 7.14. The van der Waals surface area contributed by atoms with Crippen molar-refractivity contribution in [2.75, 3.05) is 16.3 Å². The predicted octanol–water partition coefficient (Wildman–Crippen LogP) is 1.29. The number of aromatic nitrogens is 4. The fourth-order valence-electron chi connectivity index (χ4n) is 2.14. The van der Waals surface area contributed by atoms with Gasteiger partial charge in [0, 0.05) is 5.56 Å². The van der Waals surface area contributed by atoms with Crippen molar-refractivity contribution < 1.29 is 13.2 Å². The van der Waals surface area contributed by atoms with Crippen LogP contribution in [0, 0.1) is 0 Å². The first kappa shape index (κ1) is 16.6. The average Bonchev–Trinajstić information content (AvgIpc) is 3.10.